The summed E-state index contributed by atoms with van der Waals surface area (Å²) in [5, 5.41) is 0.448. The maximum atomic E-state index is 12.2. The number of benzene rings is 1. The Morgan fingerprint density at radius 1 is 1.41 bits per heavy atom. The molecule has 6 heteroatoms. The molecule has 1 heterocycles. The zero-order valence-electron chi connectivity index (χ0n) is 12.7. The summed E-state index contributed by atoms with van der Waals surface area (Å²) in [4.78, 5) is 26.1. The van der Waals surface area contributed by atoms with E-state index in [2.05, 4.69) is 6.92 Å². The number of nitrogen functional groups attached to an aromatic ring is 1. The van der Waals surface area contributed by atoms with Gasteiger partial charge >= 0.3 is 5.97 Å². The van der Waals surface area contributed by atoms with Crippen LogP contribution in [0.2, 0.25) is 5.02 Å². The number of ether oxygens (including phenoxy) is 1. The lowest BCUT2D eigenvalue weighted by Gasteiger charge is -2.35. The molecule has 1 aromatic carbocycles. The Morgan fingerprint density at radius 2 is 2.18 bits per heavy atom. The van der Waals surface area contributed by atoms with Crippen LogP contribution in [0.5, 0.6) is 0 Å². The van der Waals surface area contributed by atoms with Gasteiger partial charge < -0.3 is 15.4 Å². The number of piperidine rings is 1. The molecule has 1 aliphatic rings. The van der Waals surface area contributed by atoms with Crippen molar-refractivity contribution in [2.24, 2.45) is 0 Å². The lowest BCUT2D eigenvalue weighted by atomic mass is 10.00. The van der Waals surface area contributed by atoms with Crippen LogP contribution >= 0.6 is 11.6 Å². The van der Waals surface area contributed by atoms with Gasteiger partial charge in [0.2, 0.25) is 0 Å². The van der Waals surface area contributed by atoms with Crippen LogP contribution < -0.4 is 5.73 Å². The molecular weight excluding hydrogens is 304 g/mol. The summed E-state index contributed by atoms with van der Waals surface area (Å²) in [6.07, 6.45) is 4.08. The van der Waals surface area contributed by atoms with E-state index < -0.39 is 5.97 Å². The van der Waals surface area contributed by atoms with Gasteiger partial charge in [-0.15, -0.1) is 0 Å². The Morgan fingerprint density at radius 3 is 2.86 bits per heavy atom. The summed E-state index contributed by atoms with van der Waals surface area (Å²) >= 11 is 5.79. The fourth-order valence-electron chi connectivity index (χ4n) is 2.76. The van der Waals surface area contributed by atoms with Crippen LogP contribution in [0.4, 0.5) is 5.69 Å². The number of esters is 1. The molecule has 0 spiro atoms. The molecule has 2 N–H and O–H groups in total. The monoisotopic (exact) mass is 324 g/mol. The Hall–Kier alpha value is -1.75. The van der Waals surface area contributed by atoms with E-state index in [1.165, 1.54) is 12.1 Å². The largest absolute Gasteiger partial charge is 0.452 e. The molecule has 0 unspecified atom stereocenters. The third-order valence-electron chi connectivity index (χ3n) is 3.98. The normalized spacial score (nSPS) is 18.1. The van der Waals surface area contributed by atoms with Crippen LogP contribution in [-0.2, 0) is 9.53 Å². The van der Waals surface area contributed by atoms with Crippen LogP contribution in [0, 0.1) is 0 Å². The van der Waals surface area contributed by atoms with Crippen molar-refractivity contribution in [3.8, 4) is 0 Å². The quantitative estimate of drug-likeness (QED) is 0.682. The lowest BCUT2D eigenvalue weighted by Crippen LogP contribution is -2.45. The van der Waals surface area contributed by atoms with Crippen LogP contribution in [-0.4, -0.2) is 36.0 Å². The van der Waals surface area contributed by atoms with Gasteiger partial charge in [0.15, 0.2) is 6.61 Å². The average molecular weight is 325 g/mol. The average Bonchev–Trinajstić information content (AvgIpc) is 2.52. The molecule has 1 fully saturated rings. The molecule has 1 amide bonds. The first-order chi connectivity index (χ1) is 10.5. The molecule has 0 aromatic heterocycles. The minimum atomic E-state index is -0.604. The highest BCUT2D eigenvalue weighted by molar-refractivity contribution is 6.31. The highest BCUT2D eigenvalue weighted by Gasteiger charge is 2.26. The van der Waals surface area contributed by atoms with Crippen molar-refractivity contribution in [3.05, 3.63) is 28.8 Å². The Bertz CT molecular complexity index is 562. The second-order valence-corrected chi connectivity index (χ2v) is 5.89. The Kier molecular flexibility index (Phi) is 5.66. The summed E-state index contributed by atoms with van der Waals surface area (Å²) in [5.74, 6) is -0.750. The molecule has 5 nitrogen and oxygen atoms in total. The minimum absolute atomic E-state index is 0.146. The van der Waals surface area contributed by atoms with Crippen molar-refractivity contribution in [1.82, 2.24) is 4.90 Å². The number of nitrogens with two attached hydrogens (primary N) is 1. The number of rotatable bonds is 4. The van der Waals surface area contributed by atoms with E-state index >= 15 is 0 Å². The first-order valence-corrected chi connectivity index (χ1v) is 7.92. The summed E-state index contributed by atoms with van der Waals surface area (Å²) in [6.45, 7) is 2.55. The molecule has 1 atom stereocenters. The summed E-state index contributed by atoms with van der Waals surface area (Å²) in [6, 6.07) is 4.80. The number of carbonyl (C=O) groups excluding carboxylic acids is 2. The number of carbonyl (C=O) groups is 2. The highest BCUT2D eigenvalue weighted by atomic mass is 35.5. The van der Waals surface area contributed by atoms with Crippen LogP contribution in [0.25, 0.3) is 0 Å². The van der Waals surface area contributed by atoms with Crippen molar-refractivity contribution in [1.29, 1.82) is 0 Å². The van der Waals surface area contributed by atoms with E-state index in [4.69, 9.17) is 22.1 Å². The van der Waals surface area contributed by atoms with Gasteiger partial charge in [-0.3, -0.25) is 4.79 Å². The molecular formula is C16H21ClN2O3. The predicted octanol–water partition coefficient (Wildman–Crippen LogP) is 2.87. The standard InChI is InChI=1S/C16H21ClN2O3/c1-2-12-5-3-4-8-19(12)15(20)10-22-16(21)13-7-6-11(17)9-14(13)18/h6-7,9,12H,2-5,8,10,18H2,1H3/t12-/m1/s1. The van der Waals surface area contributed by atoms with E-state index in [9.17, 15) is 9.59 Å². The van der Waals surface area contributed by atoms with Crippen molar-refractivity contribution >= 4 is 29.2 Å². The van der Waals surface area contributed by atoms with Gasteiger partial charge in [0.25, 0.3) is 5.91 Å². The molecule has 1 saturated heterocycles. The summed E-state index contributed by atoms with van der Waals surface area (Å²) in [7, 11) is 0. The second kappa shape index (κ2) is 7.49. The molecule has 1 aliphatic heterocycles. The van der Waals surface area contributed by atoms with E-state index in [0.717, 1.165) is 32.2 Å². The van der Waals surface area contributed by atoms with E-state index in [-0.39, 0.29) is 29.8 Å². The minimum Gasteiger partial charge on any atom is -0.452 e. The molecule has 0 radical (unpaired) electrons. The first-order valence-electron chi connectivity index (χ1n) is 7.54. The molecule has 0 saturated carbocycles. The van der Waals surface area contributed by atoms with Gasteiger partial charge in [-0.1, -0.05) is 18.5 Å². The summed E-state index contributed by atoms with van der Waals surface area (Å²) in [5.41, 5.74) is 6.20. The smallest absolute Gasteiger partial charge is 0.340 e. The Labute approximate surface area is 135 Å². The summed E-state index contributed by atoms with van der Waals surface area (Å²) < 4.78 is 5.10. The second-order valence-electron chi connectivity index (χ2n) is 5.45. The van der Waals surface area contributed by atoms with E-state index in [1.54, 1.807) is 6.07 Å². The molecule has 22 heavy (non-hydrogen) atoms. The zero-order chi connectivity index (χ0) is 16.1. The van der Waals surface area contributed by atoms with Gasteiger partial charge in [-0.05, 0) is 43.9 Å². The Balaban J connectivity index is 1.94. The van der Waals surface area contributed by atoms with Crippen LogP contribution in [0.3, 0.4) is 0 Å². The van der Waals surface area contributed by atoms with Crippen molar-refractivity contribution < 1.29 is 14.3 Å². The predicted molar refractivity (Wildman–Crippen MR) is 85.8 cm³/mol. The van der Waals surface area contributed by atoms with Gasteiger partial charge in [0.05, 0.1) is 5.56 Å². The number of amides is 1. The van der Waals surface area contributed by atoms with Gasteiger partial charge in [-0.2, -0.15) is 0 Å². The number of nitrogens with zero attached hydrogens (tertiary/aromatic N) is 1. The fraction of sp³-hybridized carbons (Fsp3) is 0.500. The molecule has 0 aliphatic carbocycles. The third kappa shape index (κ3) is 3.91. The number of anilines is 1. The molecule has 2 rings (SSSR count). The zero-order valence-corrected chi connectivity index (χ0v) is 13.4. The van der Waals surface area contributed by atoms with Crippen LogP contribution in [0.15, 0.2) is 18.2 Å². The molecule has 1 aromatic rings. The van der Waals surface area contributed by atoms with E-state index in [0.29, 0.717) is 5.02 Å². The number of hydrogen-bond donors (Lipinski definition) is 1. The van der Waals surface area contributed by atoms with Crippen molar-refractivity contribution in [2.45, 2.75) is 38.6 Å². The van der Waals surface area contributed by atoms with E-state index in [1.807, 2.05) is 4.90 Å². The number of likely N-dealkylation sites (tertiary alicyclic amines) is 1. The fourth-order valence-corrected chi connectivity index (χ4v) is 2.94. The van der Waals surface area contributed by atoms with Crippen LogP contribution in [0.1, 0.15) is 43.0 Å². The third-order valence-corrected chi connectivity index (χ3v) is 4.21. The maximum Gasteiger partial charge on any atom is 0.340 e. The highest BCUT2D eigenvalue weighted by Crippen LogP contribution is 2.21. The van der Waals surface area contributed by atoms with Gasteiger partial charge in [-0.25, -0.2) is 4.79 Å². The molecule has 120 valence electrons. The van der Waals surface area contributed by atoms with Gasteiger partial charge in [0, 0.05) is 23.3 Å². The number of halogens is 1. The number of hydrogen-bond acceptors (Lipinski definition) is 4. The topological polar surface area (TPSA) is 72.6 Å². The van der Waals surface area contributed by atoms with Crippen molar-refractivity contribution in [3.63, 3.8) is 0 Å². The first kappa shape index (κ1) is 16.6. The van der Waals surface area contributed by atoms with Crippen molar-refractivity contribution in [2.75, 3.05) is 18.9 Å². The van der Waals surface area contributed by atoms with Gasteiger partial charge in [0.1, 0.15) is 0 Å². The molecule has 0 bridgehead atoms. The SMILES string of the molecule is CC[C@@H]1CCCCN1C(=O)COC(=O)c1ccc(Cl)cc1N. The maximum absolute atomic E-state index is 12.2. The lowest BCUT2D eigenvalue weighted by molar-refractivity contribution is -0.138.